The highest BCUT2D eigenvalue weighted by Crippen LogP contribution is 2.27. The number of aliphatic hydroxyl groups is 1. The quantitative estimate of drug-likeness (QED) is 0.733. The van der Waals surface area contributed by atoms with Gasteiger partial charge in [0.1, 0.15) is 17.8 Å². The number of nitrogens with one attached hydrogen (secondary N) is 1. The average Bonchev–Trinajstić information content (AvgIpc) is 3.28. The fourth-order valence-electron chi connectivity index (χ4n) is 3.29. The predicted octanol–water partition coefficient (Wildman–Crippen LogP) is -0.360. The van der Waals surface area contributed by atoms with Crippen molar-refractivity contribution >= 4 is 11.8 Å². The van der Waals surface area contributed by atoms with Crippen LogP contribution in [0.5, 0.6) is 0 Å². The van der Waals surface area contributed by atoms with Crippen LogP contribution in [0.4, 0.5) is 0 Å². The second kappa shape index (κ2) is 7.78. The summed E-state index contributed by atoms with van der Waals surface area (Å²) in [5, 5.41) is 20.7. The van der Waals surface area contributed by atoms with Gasteiger partial charge in [0.2, 0.25) is 11.8 Å². The molecule has 3 atom stereocenters. The van der Waals surface area contributed by atoms with E-state index in [2.05, 4.69) is 25.6 Å². The van der Waals surface area contributed by atoms with Gasteiger partial charge in [-0.15, -0.1) is 5.10 Å². The van der Waals surface area contributed by atoms with Gasteiger partial charge in [-0.25, -0.2) is 14.6 Å². The van der Waals surface area contributed by atoms with Gasteiger partial charge in [0.15, 0.2) is 5.82 Å². The van der Waals surface area contributed by atoms with E-state index in [1.165, 1.54) is 16.6 Å². The van der Waals surface area contributed by atoms with Crippen molar-refractivity contribution in [3.63, 3.8) is 0 Å². The molecule has 3 unspecified atom stereocenters. The molecule has 3 heterocycles. The summed E-state index contributed by atoms with van der Waals surface area (Å²) in [4.78, 5) is 35.0. The Morgan fingerprint density at radius 3 is 2.63 bits per heavy atom. The molecule has 0 radical (unpaired) electrons. The van der Waals surface area contributed by atoms with Crippen molar-refractivity contribution in [2.75, 3.05) is 13.6 Å². The van der Waals surface area contributed by atoms with Gasteiger partial charge in [-0.05, 0) is 12.0 Å². The van der Waals surface area contributed by atoms with Crippen LogP contribution in [-0.2, 0) is 9.59 Å². The van der Waals surface area contributed by atoms with Crippen molar-refractivity contribution in [2.24, 2.45) is 5.92 Å². The summed E-state index contributed by atoms with van der Waals surface area (Å²) in [6.45, 7) is 3.90. The highest BCUT2D eigenvalue weighted by atomic mass is 16.3. The maximum absolute atomic E-state index is 13.2. The molecule has 2 amide bonds. The number of aromatic nitrogens is 5. The monoisotopic (exact) mass is 373 g/mol. The molecule has 2 N–H and O–H groups in total. The van der Waals surface area contributed by atoms with Crippen molar-refractivity contribution in [3.8, 4) is 11.5 Å². The number of hydrogen-bond donors (Lipinski definition) is 2. The molecule has 0 bridgehead atoms. The fraction of sp³-hybridized carbons (Fsp3) is 0.529. The Hall–Kier alpha value is -2.88. The minimum atomic E-state index is -0.729. The van der Waals surface area contributed by atoms with E-state index in [4.69, 9.17) is 0 Å². The van der Waals surface area contributed by atoms with Crippen molar-refractivity contribution in [1.29, 1.82) is 0 Å². The standard InChI is InChI=1S/C17H23N7O3/c1-10(2)14(17(27)23-8-11(25)7-13(23)16(26)18-3)24-9-12(21-22-24)15-19-5-4-6-20-15/h4-6,9-11,13-14,25H,7-8H2,1-3H3,(H,18,26). The lowest BCUT2D eigenvalue weighted by Gasteiger charge is -2.29. The third-order valence-electron chi connectivity index (χ3n) is 4.59. The molecule has 0 aliphatic carbocycles. The Bertz CT molecular complexity index is 808. The molecule has 144 valence electrons. The smallest absolute Gasteiger partial charge is 0.248 e. The van der Waals surface area contributed by atoms with Crippen LogP contribution in [0, 0.1) is 5.92 Å². The fourth-order valence-corrected chi connectivity index (χ4v) is 3.29. The number of carbonyl (C=O) groups excluding carboxylic acids is 2. The molecule has 2 aromatic rings. The number of aliphatic hydroxyl groups excluding tert-OH is 1. The van der Waals surface area contributed by atoms with Crippen molar-refractivity contribution in [1.82, 2.24) is 35.2 Å². The van der Waals surface area contributed by atoms with Gasteiger partial charge >= 0.3 is 0 Å². The van der Waals surface area contributed by atoms with Crippen molar-refractivity contribution in [3.05, 3.63) is 24.7 Å². The van der Waals surface area contributed by atoms with Crippen LogP contribution in [0.1, 0.15) is 26.3 Å². The molecule has 10 nitrogen and oxygen atoms in total. The van der Waals surface area contributed by atoms with Gasteiger partial charge < -0.3 is 15.3 Å². The third-order valence-corrected chi connectivity index (χ3v) is 4.59. The number of nitrogens with zero attached hydrogens (tertiary/aromatic N) is 6. The van der Waals surface area contributed by atoms with E-state index in [0.29, 0.717) is 11.5 Å². The number of β-amino-alcohol motifs (C(OH)–C–C–N with tert-alkyl or cyclic N) is 1. The predicted molar refractivity (Wildman–Crippen MR) is 95.1 cm³/mol. The van der Waals surface area contributed by atoms with Crippen LogP contribution >= 0.6 is 0 Å². The van der Waals surface area contributed by atoms with E-state index in [9.17, 15) is 14.7 Å². The maximum Gasteiger partial charge on any atom is 0.248 e. The zero-order chi connectivity index (χ0) is 19.6. The van der Waals surface area contributed by atoms with E-state index in [1.807, 2.05) is 13.8 Å². The molecule has 1 aliphatic heterocycles. The molecule has 2 aromatic heterocycles. The Kier molecular flexibility index (Phi) is 5.45. The largest absolute Gasteiger partial charge is 0.391 e. The molecule has 3 rings (SSSR count). The van der Waals surface area contributed by atoms with Crippen LogP contribution in [-0.4, -0.2) is 72.5 Å². The molecule has 0 saturated carbocycles. The second-order valence-corrected chi connectivity index (χ2v) is 6.86. The summed E-state index contributed by atoms with van der Waals surface area (Å²) < 4.78 is 1.48. The average molecular weight is 373 g/mol. The number of rotatable bonds is 5. The number of likely N-dealkylation sites (N-methyl/N-ethyl adjacent to an activating group) is 1. The van der Waals surface area contributed by atoms with E-state index in [0.717, 1.165) is 0 Å². The van der Waals surface area contributed by atoms with E-state index in [-0.39, 0.29) is 30.7 Å². The lowest BCUT2D eigenvalue weighted by atomic mass is 10.0. The van der Waals surface area contributed by atoms with Crippen LogP contribution in [0.3, 0.4) is 0 Å². The molecule has 1 saturated heterocycles. The summed E-state index contributed by atoms with van der Waals surface area (Å²) in [6, 6.07) is 0.345. The van der Waals surface area contributed by atoms with Gasteiger partial charge in [0.05, 0.1) is 12.3 Å². The van der Waals surface area contributed by atoms with Crippen molar-refractivity contribution in [2.45, 2.75) is 38.5 Å². The Balaban J connectivity index is 1.88. The highest BCUT2D eigenvalue weighted by Gasteiger charge is 2.42. The zero-order valence-corrected chi connectivity index (χ0v) is 15.5. The normalized spacial score (nSPS) is 20.7. The Morgan fingerprint density at radius 2 is 2.00 bits per heavy atom. The molecule has 27 heavy (non-hydrogen) atoms. The molecule has 10 heteroatoms. The molecular formula is C17H23N7O3. The minimum Gasteiger partial charge on any atom is -0.391 e. The van der Waals surface area contributed by atoms with E-state index >= 15 is 0 Å². The maximum atomic E-state index is 13.2. The van der Waals surface area contributed by atoms with Crippen molar-refractivity contribution < 1.29 is 14.7 Å². The summed E-state index contributed by atoms with van der Waals surface area (Å²) >= 11 is 0. The first-order chi connectivity index (χ1) is 12.9. The van der Waals surface area contributed by atoms with E-state index < -0.39 is 18.2 Å². The van der Waals surface area contributed by atoms with Crippen LogP contribution in [0.15, 0.2) is 24.7 Å². The lowest BCUT2D eigenvalue weighted by molar-refractivity contribution is -0.142. The lowest BCUT2D eigenvalue weighted by Crippen LogP contribution is -2.48. The van der Waals surface area contributed by atoms with Gasteiger partial charge in [-0.1, -0.05) is 19.1 Å². The molecule has 0 spiro atoms. The minimum absolute atomic E-state index is 0.105. The first-order valence-electron chi connectivity index (χ1n) is 8.81. The summed E-state index contributed by atoms with van der Waals surface area (Å²) in [6.07, 6.45) is 4.32. The Labute approximate surface area is 156 Å². The molecule has 1 aliphatic rings. The van der Waals surface area contributed by atoms with Crippen LogP contribution in [0.2, 0.25) is 0 Å². The molecule has 1 fully saturated rings. The summed E-state index contributed by atoms with van der Waals surface area (Å²) in [7, 11) is 1.51. The number of amides is 2. The topological polar surface area (TPSA) is 126 Å². The van der Waals surface area contributed by atoms with Gasteiger partial charge in [-0.3, -0.25) is 9.59 Å². The van der Waals surface area contributed by atoms with Crippen LogP contribution in [0.25, 0.3) is 11.5 Å². The molecular weight excluding hydrogens is 350 g/mol. The number of carbonyl (C=O) groups is 2. The second-order valence-electron chi connectivity index (χ2n) is 6.86. The third kappa shape index (κ3) is 3.80. The van der Waals surface area contributed by atoms with Gasteiger partial charge in [0.25, 0.3) is 0 Å². The number of likely N-dealkylation sites (tertiary alicyclic amines) is 1. The SMILES string of the molecule is CNC(=O)C1CC(O)CN1C(=O)C(C(C)C)n1cc(-c2ncccn2)nn1. The van der Waals surface area contributed by atoms with E-state index in [1.54, 1.807) is 24.7 Å². The number of hydrogen-bond acceptors (Lipinski definition) is 7. The molecule has 0 aromatic carbocycles. The zero-order valence-electron chi connectivity index (χ0n) is 15.5. The highest BCUT2D eigenvalue weighted by molar-refractivity contribution is 5.89. The summed E-state index contributed by atoms with van der Waals surface area (Å²) in [5.41, 5.74) is 0.457. The van der Waals surface area contributed by atoms with Gasteiger partial charge in [-0.2, -0.15) is 0 Å². The van der Waals surface area contributed by atoms with Gasteiger partial charge in [0, 0.05) is 32.4 Å². The first-order valence-corrected chi connectivity index (χ1v) is 8.81. The first kappa shape index (κ1) is 18.9. The Morgan fingerprint density at radius 1 is 1.30 bits per heavy atom. The summed E-state index contributed by atoms with van der Waals surface area (Å²) in [5.74, 6) is -0.259. The van der Waals surface area contributed by atoms with Crippen LogP contribution < -0.4 is 5.32 Å².